The molecule has 5 heteroatoms. The number of hydrogen-bond donors (Lipinski definition) is 1. The highest BCUT2D eigenvalue weighted by Crippen LogP contribution is 2.16. The minimum Gasteiger partial charge on any atom is -0.497 e. The number of amides is 1. The van der Waals surface area contributed by atoms with Crippen molar-refractivity contribution in [3.63, 3.8) is 0 Å². The van der Waals surface area contributed by atoms with Crippen LogP contribution in [0.1, 0.15) is 25.0 Å². The highest BCUT2D eigenvalue weighted by atomic mass is 16.5. The van der Waals surface area contributed by atoms with E-state index < -0.39 is 5.91 Å². The molecule has 5 nitrogen and oxygen atoms in total. The first kappa shape index (κ1) is 20.1. The van der Waals surface area contributed by atoms with Gasteiger partial charge in [0.25, 0.3) is 5.91 Å². The van der Waals surface area contributed by atoms with Gasteiger partial charge in [0.2, 0.25) is 0 Å². The quantitative estimate of drug-likeness (QED) is 0.569. The fourth-order valence-corrected chi connectivity index (χ4v) is 2.26. The van der Waals surface area contributed by atoms with Crippen molar-refractivity contribution in [3.8, 4) is 17.6 Å². The number of nitrogens with one attached hydrogen (secondary N) is 1. The number of methoxy groups -OCH3 is 1. The van der Waals surface area contributed by atoms with Gasteiger partial charge in [-0.2, -0.15) is 5.26 Å². The number of hydrogen-bond acceptors (Lipinski definition) is 4. The largest absolute Gasteiger partial charge is 0.497 e. The van der Waals surface area contributed by atoms with Crippen LogP contribution in [0.2, 0.25) is 0 Å². The molecule has 27 heavy (non-hydrogen) atoms. The van der Waals surface area contributed by atoms with Crippen LogP contribution in [0, 0.1) is 17.2 Å². The number of carbonyl (C=O) groups is 1. The lowest BCUT2D eigenvalue weighted by Crippen LogP contribution is -2.23. The molecule has 0 fully saturated rings. The number of rotatable bonds is 8. The van der Waals surface area contributed by atoms with Crippen LogP contribution in [-0.4, -0.2) is 19.6 Å². The maximum absolute atomic E-state index is 12.3. The Morgan fingerprint density at radius 3 is 2.30 bits per heavy atom. The highest BCUT2D eigenvalue weighted by molar-refractivity contribution is 6.01. The Morgan fingerprint density at radius 1 is 1.11 bits per heavy atom. The van der Waals surface area contributed by atoms with E-state index in [1.807, 2.05) is 54.6 Å². The summed E-state index contributed by atoms with van der Waals surface area (Å²) in [6.45, 7) is 5.15. The van der Waals surface area contributed by atoms with Gasteiger partial charge in [0.05, 0.1) is 13.7 Å². The average Bonchev–Trinajstić information content (AvgIpc) is 2.69. The Hall–Kier alpha value is -3.26. The molecule has 1 N–H and O–H groups in total. The minimum atomic E-state index is -0.409. The third-order valence-corrected chi connectivity index (χ3v) is 3.75. The summed E-state index contributed by atoms with van der Waals surface area (Å²) in [5.74, 6) is 1.56. The second-order valence-corrected chi connectivity index (χ2v) is 6.47. The van der Waals surface area contributed by atoms with Gasteiger partial charge in [-0.05, 0) is 47.4 Å². The highest BCUT2D eigenvalue weighted by Gasteiger charge is 2.09. The number of carbonyl (C=O) groups excluding carboxylic acids is 1. The molecule has 2 rings (SSSR count). The molecule has 0 heterocycles. The summed E-state index contributed by atoms with van der Waals surface area (Å²) in [5.41, 5.74) is 1.75. The maximum Gasteiger partial charge on any atom is 0.262 e. The molecule has 0 saturated carbocycles. The average molecular weight is 364 g/mol. The second-order valence-electron chi connectivity index (χ2n) is 6.47. The van der Waals surface area contributed by atoms with Crippen molar-refractivity contribution in [1.29, 1.82) is 5.26 Å². The predicted molar refractivity (Wildman–Crippen MR) is 105 cm³/mol. The van der Waals surface area contributed by atoms with Gasteiger partial charge >= 0.3 is 0 Å². The lowest BCUT2D eigenvalue weighted by atomic mass is 10.1. The molecule has 0 saturated heterocycles. The van der Waals surface area contributed by atoms with Gasteiger partial charge in [-0.15, -0.1) is 0 Å². The normalized spacial score (nSPS) is 11.0. The molecule has 0 aliphatic rings. The van der Waals surface area contributed by atoms with Crippen molar-refractivity contribution in [2.45, 2.75) is 20.4 Å². The number of ether oxygens (including phenoxy) is 2. The van der Waals surface area contributed by atoms with E-state index in [0.717, 1.165) is 22.6 Å². The van der Waals surface area contributed by atoms with E-state index in [1.54, 1.807) is 13.2 Å². The van der Waals surface area contributed by atoms with E-state index in [0.29, 0.717) is 19.1 Å². The van der Waals surface area contributed by atoms with Crippen LogP contribution in [-0.2, 0) is 11.3 Å². The lowest BCUT2D eigenvalue weighted by molar-refractivity contribution is -0.117. The summed E-state index contributed by atoms with van der Waals surface area (Å²) in [7, 11) is 1.60. The van der Waals surface area contributed by atoms with Gasteiger partial charge < -0.3 is 14.8 Å². The molecule has 2 aromatic rings. The first-order chi connectivity index (χ1) is 13.0. The molecule has 0 radical (unpaired) electrons. The lowest BCUT2D eigenvalue weighted by Gasteiger charge is -2.08. The summed E-state index contributed by atoms with van der Waals surface area (Å²) < 4.78 is 10.7. The van der Waals surface area contributed by atoms with Crippen LogP contribution in [0.5, 0.6) is 11.5 Å². The van der Waals surface area contributed by atoms with Gasteiger partial charge in [0.15, 0.2) is 0 Å². The van der Waals surface area contributed by atoms with Crippen LogP contribution >= 0.6 is 0 Å². The molecule has 0 spiro atoms. The van der Waals surface area contributed by atoms with Gasteiger partial charge in [0.1, 0.15) is 23.1 Å². The maximum atomic E-state index is 12.3. The van der Waals surface area contributed by atoms with Crippen molar-refractivity contribution in [3.05, 3.63) is 65.2 Å². The van der Waals surface area contributed by atoms with E-state index in [-0.39, 0.29) is 5.57 Å². The van der Waals surface area contributed by atoms with E-state index >= 15 is 0 Å². The summed E-state index contributed by atoms with van der Waals surface area (Å²) >= 11 is 0. The Labute approximate surface area is 160 Å². The van der Waals surface area contributed by atoms with Crippen molar-refractivity contribution in [2.24, 2.45) is 5.92 Å². The van der Waals surface area contributed by atoms with Crippen LogP contribution in [0.15, 0.2) is 54.1 Å². The number of nitrogens with zero attached hydrogens (tertiary/aromatic N) is 1. The number of nitriles is 1. The Balaban J connectivity index is 1.97. The summed E-state index contributed by atoms with van der Waals surface area (Å²) in [4.78, 5) is 12.3. The van der Waals surface area contributed by atoms with Crippen LogP contribution in [0.3, 0.4) is 0 Å². The molecule has 0 aliphatic heterocycles. The van der Waals surface area contributed by atoms with Crippen molar-refractivity contribution < 1.29 is 14.3 Å². The zero-order chi connectivity index (χ0) is 19.6. The van der Waals surface area contributed by atoms with Gasteiger partial charge in [-0.25, -0.2) is 0 Å². The monoisotopic (exact) mass is 364 g/mol. The Bertz CT molecular complexity index is 816. The summed E-state index contributed by atoms with van der Waals surface area (Å²) in [5, 5.41) is 12.1. The fourth-order valence-electron chi connectivity index (χ4n) is 2.26. The van der Waals surface area contributed by atoms with Gasteiger partial charge in [-0.3, -0.25) is 4.79 Å². The molecule has 0 aromatic heterocycles. The molecular weight excluding hydrogens is 340 g/mol. The van der Waals surface area contributed by atoms with E-state index in [1.165, 1.54) is 0 Å². The topological polar surface area (TPSA) is 71.3 Å². The first-order valence-electron chi connectivity index (χ1n) is 8.77. The molecule has 0 atom stereocenters. The van der Waals surface area contributed by atoms with Crippen LogP contribution in [0.4, 0.5) is 0 Å². The third kappa shape index (κ3) is 6.52. The van der Waals surface area contributed by atoms with Crippen LogP contribution < -0.4 is 14.8 Å². The minimum absolute atomic E-state index is 0.0550. The Morgan fingerprint density at radius 2 is 1.74 bits per heavy atom. The predicted octanol–water partition coefficient (Wildman–Crippen LogP) is 3.95. The SMILES string of the molecule is COc1ccc(CNC(=O)/C(C#N)=C\c2ccc(OCC(C)C)cc2)cc1. The zero-order valence-electron chi connectivity index (χ0n) is 15.9. The third-order valence-electron chi connectivity index (χ3n) is 3.75. The van der Waals surface area contributed by atoms with Crippen LogP contribution in [0.25, 0.3) is 6.08 Å². The summed E-state index contributed by atoms with van der Waals surface area (Å²) in [6.07, 6.45) is 1.57. The van der Waals surface area contributed by atoms with E-state index in [4.69, 9.17) is 9.47 Å². The zero-order valence-corrected chi connectivity index (χ0v) is 15.9. The standard InChI is InChI=1S/C22H24N2O3/c1-16(2)15-27-21-10-4-17(5-11-21)12-19(13-23)22(25)24-14-18-6-8-20(26-3)9-7-18/h4-12,16H,14-15H2,1-3H3,(H,24,25)/b19-12-. The molecule has 0 aliphatic carbocycles. The molecule has 0 bridgehead atoms. The molecule has 1 amide bonds. The molecular formula is C22H24N2O3. The smallest absolute Gasteiger partial charge is 0.262 e. The van der Waals surface area contributed by atoms with Gasteiger partial charge in [-0.1, -0.05) is 38.1 Å². The first-order valence-corrected chi connectivity index (χ1v) is 8.77. The van der Waals surface area contributed by atoms with Crippen molar-refractivity contribution in [1.82, 2.24) is 5.32 Å². The van der Waals surface area contributed by atoms with Gasteiger partial charge in [0, 0.05) is 6.54 Å². The molecule has 140 valence electrons. The second kappa shape index (κ2) is 10.0. The number of benzene rings is 2. The molecule has 2 aromatic carbocycles. The summed E-state index contributed by atoms with van der Waals surface area (Å²) in [6, 6.07) is 16.6. The Kier molecular flexibility index (Phi) is 7.45. The van der Waals surface area contributed by atoms with Crippen molar-refractivity contribution in [2.75, 3.05) is 13.7 Å². The van der Waals surface area contributed by atoms with E-state index in [9.17, 15) is 10.1 Å². The van der Waals surface area contributed by atoms with Crippen molar-refractivity contribution >= 4 is 12.0 Å². The van der Waals surface area contributed by atoms with E-state index in [2.05, 4.69) is 19.2 Å². The molecule has 0 unspecified atom stereocenters. The fraction of sp³-hybridized carbons (Fsp3) is 0.273.